The zero-order valence-electron chi connectivity index (χ0n) is 12.5. The van der Waals surface area contributed by atoms with Gasteiger partial charge in [0.05, 0.1) is 18.1 Å². The molecule has 106 valence electrons. The molecular weight excluding hydrogens is 242 g/mol. The molecule has 0 bridgehead atoms. The van der Waals surface area contributed by atoms with Crippen LogP contribution < -0.4 is 10.3 Å². The third-order valence-corrected chi connectivity index (χ3v) is 2.40. The van der Waals surface area contributed by atoms with Crippen molar-refractivity contribution < 1.29 is 0 Å². The van der Waals surface area contributed by atoms with E-state index in [9.17, 15) is 0 Å². The smallest absolute Gasteiger partial charge is 0.152 e. The first kappa shape index (κ1) is 15.2. The second kappa shape index (κ2) is 6.89. The van der Waals surface area contributed by atoms with Crippen LogP contribution in [0.4, 0.5) is 11.5 Å². The summed E-state index contributed by atoms with van der Waals surface area (Å²) >= 11 is 0. The Labute approximate surface area is 114 Å². The van der Waals surface area contributed by atoms with Gasteiger partial charge in [-0.3, -0.25) is 4.68 Å². The van der Waals surface area contributed by atoms with Gasteiger partial charge in [0.25, 0.3) is 0 Å². The van der Waals surface area contributed by atoms with E-state index >= 15 is 0 Å². The zero-order chi connectivity index (χ0) is 14.4. The van der Waals surface area contributed by atoms with Gasteiger partial charge in [0.15, 0.2) is 5.82 Å². The summed E-state index contributed by atoms with van der Waals surface area (Å²) in [5.41, 5.74) is 4.45. The van der Waals surface area contributed by atoms with E-state index in [0.29, 0.717) is 6.54 Å². The maximum absolute atomic E-state index is 4.64. The predicted octanol–water partition coefficient (Wildman–Crippen LogP) is 0.325. The number of aromatic nitrogens is 2. The highest BCUT2D eigenvalue weighted by Crippen LogP contribution is 2.25. The molecule has 0 aliphatic rings. The standard InChI is InChI=1S/C12H23N7/c1-13-14-7-10(9-17(2)3)16-11-8-15-19(6)12(11)18(4)5/h7-8,13H,9H2,1-6H3/b14-7-,16-10?. The normalized spacial score (nSPS) is 12.5. The lowest BCUT2D eigenvalue weighted by molar-refractivity contribution is 0.471. The van der Waals surface area contributed by atoms with Crippen molar-refractivity contribution >= 4 is 23.4 Å². The molecule has 0 unspecified atom stereocenters. The lowest BCUT2D eigenvalue weighted by atomic mass is 10.3. The fraction of sp³-hybridized carbons (Fsp3) is 0.583. The summed E-state index contributed by atoms with van der Waals surface area (Å²) in [5.74, 6) is 0.967. The monoisotopic (exact) mass is 265 g/mol. The van der Waals surface area contributed by atoms with Crippen LogP contribution in [0.15, 0.2) is 16.3 Å². The number of hydrogen-bond donors (Lipinski definition) is 1. The maximum atomic E-state index is 4.64. The summed E-state index contributed by atoms with van der Waals surface area (Å²) in [4.78, 5) is 8.68. The Bertz CT molecular complexity index is 457. The number of nitrogens with zero attached hydrogens (tertiary/aromatic N) is 6. The van der Waals surface area contributed by atoms with Gasteiger partial charge in [0.1, 0.15) is 5.69 Å². The maximum Gasteiger partial charge on any atom is 0.152 e. The summed E-state index contributed by atoms with van der Waals surface area (Å²) in [7, 11) is 11.6. The Balaban J connectivity index is 3.10. The van der Waals surface area contributed by atoms with Gasteiger partial charge in [-0.1, -0.05) is 0 Å². The molecule has 0 aliphatic heterocycles. The Hall–Kier alpha value is -1.89. The van der Waals surface area contributed by atoms with Crippen LogP contribution >= 0.6 is 0 Å². The van der Waals surface area contributed by atoms with E-state index in [1.807, 2.05) is 45.0 Å². The first-order valence-electron chi connectivity index (χ1n) is 6.07. The van der Waals surface area contributed by atoms with Crippen LogP contribution in [0.3, 0.4) is 0 Å². The molecule has 0 fully saturated rings. The lowest BCUT2D eigenvalue weighted by Crippen LogP contribution is -2.23. The van der Waals surface area contributed by atoms with E-state index in [0.717, 1.165) is 17.2 Å². The number of anilines is 1. The Kier molecular flexibility index (Phi) is 5.50. The summed E-state index contributed by atoms with van der Waals surface area (Å²) < 4.78 is 1.81. The van der Waals surface area contributed by atoms with Gasteiger partial charge in [0, 0.05) is 34.7 Å². The molecule has 7 heteroatoms. The molecular formula is C12H23N7. The van der Waals surface area contributed by atoms with Crippen LogP contribution in [-0.2, 0) is 7.05 Å². The number of hydrogen-bond acceptors (Lipinski definition) is 6. The number of aryl methyl sites for hydroxylation is 1. The molecule has 19 heavy (non-hydrogen) atoms. The molecule has 0 saturated carbocycles. The van der Waals surface area contributed by atoms with Crippen LogP contribution in [0.25, 0.3) is 0 Å². The number of aliphatic imine (C=N–C) groups is 1. The second-order valence-corrected chi connectivity index (χ2v) is 4.69. The number of nitrogens with one attached hydrogen (secondary N) is 1. The molecule has 1 aromatic rings. The summed E-state index contributed by atoms with van der Waals surface area (Å²) in [6.07, 6.45) is 3.49. The van der Waals surface area contributed by atoms with Gasteiger partial charge >= 0.3 is 0 Å². The van der Waals surface area contributed by atoms with Crippen molar-refractivity contribution in [2.45, 2.75) is 0 Å². The highest BCUT2D eigenvalue weighted by atomic mass is 15.4. The molecule has 1 heterocycles. The third-order valence-electron chi connectivity index (χ3n) is 2.40. The van der Waals surface area contributed by atoms with E-state index in [-0.39, 0.29) is 0 Å². The third kappa shape index (κ3) is 4.36. The van der Waals surface area contributed by atoms with Gasteiger partial charge in [-0.25, -0.2) is 4.99 Å². The van der Waals surface area contributed by atoms with E-state index < -0.39 is 0 Å². The van der Waals surface area contributed by atoms with Crippen molar-refractivity contribution in [2.75, 3.05) is 46.7 Å². The van der Waals surface area contributed by atoms with Crippen molar-refractivity contribution in [3.05, 3.63) is 6.20 Å². The molecule has 0 saturated heterocycles. The van der Waals surface area contributed by atoms with E-state index in [4.69, 9.17) is 0 Å². The Morgan fingerprint density at radius 2 is 2.11 bits per heavy atom. The zero-order valence-corrected chi connectivity index (χ0v) is 12.5. The average Bonchev–Trinajstić information content (AvgIpc) is 2.66. The van der Waals surface area contributed by atoms with E-state index in [1.165, 1.54) is 0 Å². The van der Waals surface area contributed by atoms with Gasteiger partial charge in [-0.05, 0) is 14.1 Å². The molecule has 1 N–H and O–H groups in total. The first-order valence-corrected chi connectivity index (χ1v) is 6.07. The van der Waals surface area contributed by atoms with Crippen molar-refractivity contribution in [1.29, 1.82) is 0 Å². The predicted molar refractivity (Wildman–Crippen MR) is 80.7 cm³/mol. The molecule has 0 amide bonds. The Morgan fingerprint density at radius 3 is 2.63 bits per heavy atom. The second-order valence-electron chi connectivity index (χ2n) is 4.69. The topological polar surface area (TPSA) is 61.1 Å². The van der Waals surface area contributed by atoms with Gasteiger partial charge < -0.3 is 15.2 Å². The summed E-state index contributed by atoms with van der Waals surface area (Å²) in [5, 5.41) is 8.27. The van der Waals surface area contributed by atoms with Crippen molar-refractivity contribution in [3.8, 4) is 0 Å². The number of hydrazone groups is 1. The van der Waals surface area contributed by atoms with Gasteiger partial charge in [-0.15, -0.1) is 0 Å². The molecule has 0 radical (unpaired) electrons. The highest BCUT2D eigenvalue weighted by molar-refractivity contribution is 6.32. The van der Waals surface area contributed by atoms with Crippen molar-refractivity contribution in [2.24, 2.45) is 17.1 Å². The molecule has 0 atom stereocenters. The highest BCUT2D eigenvalue weighted by Gasteiger charge is 2.10. The minimum atomic E-state index is 0.715. The SMILES string of the molecule is CN/N=C\C(CN(C)C)=Nc1cnn(C)c1N(C)C. The van der Waals surface area contributed by atoms with Crippen LogP contribution in [0.1, 0.15) is 0 Å². The van der Waals surface area contributed by atoms with Gasteiger partial charge in [-0.2, -0.15) is 10.2 Å². The molecule has 0 aromatic carbocycles. The first-order chi connectivity index (χ1) is 8.95. The van der Waals surface area contributed by atoms with E-state index in [1.54, 1.807) is 24.1 Å². The molecule has 0 spiro atoms. The quantitative estimate of drug-likeness (QED) is 0.594. The fourth-order valence-corrected chi connectivity index (χ4v) is 1.74. The molecule has 1 aromatic heterocycles. The van der Waals surface area contributed by atoms with Crippen LogP contribution in [0.2, 0.25) is 0 Å². The lowest BCUT2D eigenvalue weighted by Gasteiger charge is -2.14. The fourth-order valence-electron chi connectivity index (χ4n) is 1.74. The van der Waals surface area contributed by atoms with Crippen LogP contribution in [-0.4, -0.2) is 68.4 Å². The number of rotatable bonds is 6. The van der Waals surface area contributed by atoms with Crippen LogP contribution in [0, 0.1) is 0 Å². The van der Waals surface area contributed by atoms with Crippen molar-refractivity contribution in [1.82, 2.24) is 20.1 Å². The van der Waals surface area contributed by atoms with E-state index in [2.05, 4.69) is 20.6 Å². The van der Waals surface area contributed by atoms with Crippen LogP contribution in [0.5, 0.6) is 0 Å². The van der Waals surface area contributed by atoms with Crippen molar-refractivity contribution in [3.63, 3.8) is 0 Å². The largest absolute Gasteiger partial charge is 0.361 e. The Morgan fingerprint density at radius 1 is 1.42 bits per heavy atom. The minimum Gasteiger partial charge on any atom is -0.361 e. The molecule has 0 aliphatic carbocycles. The van der Waals surface area contributed by atoms with Gasteiger partial charge in [0.2, 0.25) is 0 Å². The molecule has 1 rings (SSSR count). The summed E-state index contributed by atoms with van der Waals surface area (Å²) in [6.45, 7) is 0.715. The average molecular weight is 265 g/mol. The minimum absolute atomic E-state index is 0.715. The molecule has 7 nitrogen and oxygen atoms in total. The summed E-state index contributed by atoms with van der Waals surface area (Å²) in [6, 6.07) is 0.